The third-order valence-electron chi connectivity index (χ3n) is 5.56. The molecule has 0 aliphatic heterocycles. The first-order chi connectivity index (χ1) is 11.8. The minimum atomic E-state index is 1.00. The lowest BCUT2D eigenvalue weighted by molar-refractivity contribution is 0.393. The summed E-state index contributed by atoms with van der Waals surface area (Å²) in [5.74, 6) is 1.00. The van der Waals surface area contributed by atoms with E-state index in [1.807, 2.05) is 0 Å². The van der Waals surface area contributed by atoms with Crippen LogP contribution in [0.25, 0.3) is 0 Å². The van der Waals surface area contributed by atoms with Gasteiger partial charge in [0, 0.05) is 0 Å². The highest BCUT2D eigenvalue weighted by atomic mass is 14.1. The molecule has 0 bridgehead atoms. The summed E-state index contributed by atoms with van der Waals surface area (Å²) in [4.78, 5) is 0. The van der Waals surface area contributed by atoms with E-state index in [0.29, 0.717) is 0 Å². The van der Waals surface area contributed by atoms with Gasteiger partial charge >= 0.3 is 0 Å². The second-order valence-electron chi connectivity index (χ2n) is 7.88. The van der Waals surface area contributed by atoms with Crippen LogP contribution in [-0.4, -0.2) is 0 Å². The van der Waals surface area contributed by atoms with Crippen molar-refractivity contribution in [2.75, 3.05) is 0 Å². The van der Waals surface area contributed by atoms with E-state index in [9.17, 15) is 0 Å². The zero-order chi connectivity index (χ0) is 17.7. The number of allylic oxidation sites excluding steroid dienone is 1. The molecule has 1 unspecified atom stereocenters. The van der Waals surface area contributed by atoms with Crippen molar-refractivity contribution >= 4 is 0 Å². The average molecular weight is 337 g/mol. The normalized spacial score (nSPS) is 12.4. The molecule has 0 rings (SSSR count). The Balaban J connectivity index is 3.27. The van der Waals surface area contributed by atoms with Crippen LogP contribution in [0, 0.1) is 5.92 Å². The Morgan fingerprint density at radius 1 is 0.583 bits per heavy atom. The number of hydrogen-bond acceptors (Lipinski definition) is 0. The summed E-state index contributed by atoms with van der Waals surface area (Å²) in [6, 6.07) is 0. The molecule has 1 atom stereocenters. The van der Waals surface area contributed by atoms with Crippen LogP contribution in [0.2, 0.25) is 0 Å². The topological polar surface area (TPSA) is 0 Å². The lowest BCUT2D eigenvalue weighted by atomic mass is 9.92. The van der Waals surface area contributed by atoms with Crippen LogP contribution < -0.4 is 0 Å². The van der Waals surface area contributed by atoms with Gasteiger partial charge in [0.2, 0.25) is 0 Å². The average Bonchev–Trinajstić information content (AvgIpc) is 2.60. The van der Waals surface area contributed by atoms with Crippen molar-refractivity contribution in [3.8, 4) is 0 Å². The van der Waals surface area contributed by atoms with E-state index in [1.54, 1.807) is 0 Å². The molecule has 0 aliphatic rings. The van der Waals surface area contributed by atoms with E-state index in [0.717, 1.165) is 5.92 Å². The lowest BCUT2D eigenvalue weighted by Gasteiger charge is -2.14. The summed E-state index contributed by atoms with van der Waals surface area (Å²) in [5.41, 5.74) is 0. The molecule has 0 N–H and O–H groups in total. The molecule has 0 nitrogen and oxygen atoms in total. The molecule has 0 saturated heterocycles. The minimum absolute atomic E-state index is 1.00. The minimum Gasteiger partial charge on any atom is -0.103 e. The van der Waals surface area contributed by atoms with Gasteiger partial charge in [-0.2, -0.15) is 0 Å². The number of unbranched alkanes of at least 4 members (excludes halogenated alkanes) is 14. The maximum atomic E-state index is 3.80. The molecule has 0 heteroatoms. The van der Waals surface area contributed by atoms with Crippen molar-refractivity contribution in [1.82, 2.24) is 0 Å². The van der Waals surface area contributed by atoms with Crippen LogP contribution in [0.5, 0.6) is 0 Å². The SMILES string of the molecule is C=CCCCCCCC(CC)CCCCCCCCCCCCC. The highest BCUT2D eigenvalue weighted by Crippen LogP contribution is 2.21. The summed E-state index contributed by atoms with van der Waals surface area (Å²) in [7, 11) is 0. The smallest absolute Gasteiger partial charge is 0.0353 e. The fraction of sp³-hybridized carbons (Fsp3) is 0.917. The molecule has 0 spiro atoms. The second kappa shape index (κ2) is 20.8. The molecular weight excluding hydrogens is 288 g/mol. The summed E-state index contributed by atoms with van der Waals surface area (Å²) < 4.78 is 0. The maximum Gasteiger partial charge on any atom is -0.0353 e. The van der Waals surface area contributed by atoms with Gasteiger partial charge < -0.3 is 0 Å². The molecule has 0 fully saturated rings. The summed E-state index contributed by atoms with van der Waals surface area (Å²) in [5, 5.41) is 0. The van der Waals surface area contributed by atoms with Gasteiger partial charge in [-0.25, -0.2) is 0 Å². The maximum absolute atomic E-state index is 3.80. The first-order valence-corrected chi connectivity index (χ1v) is 11.5. The van der Waals surface area contributed by atoms with Crippen LogP contribution in [0.1, 0.15) is 136 Å². The Morgan fingerprint density at radius 3 is 1.42 bits per heavy atom. The standard InChI is InChI=1S/C24H48/c1-4-7-9-11-13-14-15-16-17-19-21-23-24(6-3)22-20-18-12-10-8-5-2/h5,24H,2,4,6-23H2,1,3H3. The van der Waals surface area contributed by atoms with Crippen molar-refractivity contribution in [2.24, 2.45) is 5.92 Å². The predicted octanol–water partition coefficient (Wildman–Crippen LogP) is 9.24. The Kier molecular flexibility index (Phi) is 20.6. The van der Waals surface area contributed by atoms with E-state index in [4.69, 9.17) is 0 Å². The fourth-order valence-electron chi connectivity index (χ4n) is 3.73. The van der Waals surface area contributed by atoms with E-state index < -0.39 is 0 Å². The van der Waals surface area contributed by atoms with Crippen molar-refractivity contribution < 1.29 is 0 Å². The molecule has 0 saturated carbocycles. The van der Waals surface area contributed by atoms with Crippen LogP contribution in [0.4, 0.5) is 0 Å². The lowest BCUT2D eigenvalue weighted by Crippen LogP contribution is -1.99. The summed E-state index contributed by atoms with van der Waals surface area (Å²) in [6.07, 6.45) is 29.3. The molecule has 0 amide bonds. The predicted molar refractivity (Wildman–Crippen MR) is 113 cm³/mol. The van der Waals surface area contributed by atoms with E-state index >= 15 is 0 Å². The Labute approximate surface area is 154 Å². The third kappa shape index (κ3) is 18.1. The zero-order valence-corrected chi connectivity index (χ0v) is 17.3. The monoisotopic (exact) mass is 336 g/mol. The molecule has 0 radical (unpaired) electrons. The Bertz CT molecular complexity index is 230. The third-order valence-corrected chi connectivity index (χ3v) is 5.56. The molecule has 144 valence electrons. The van der Waals surface area contributed by atoms with Gasteiger partial charge in [-0.3, -0.25) is 0 Å². The largest absolute Gasteiger partial charge is 0.103 e. The van der Waals surface area contributed by atoms with E-state index in [2.05, 4.69) is 26.5 Å². The highest BCUT2D eigenvalue weighted by Gasteiger charge is 2.05. The van der Waals surface area contributed by atoms with Crippen molar-refractivity contribution in [3.63, 3.8) is 0 Å². The first-order valence-electron chi connectivity index (χ1n) is 11.5. The molecular formula is C24H48. The van der Waals surface area contributed by atoms with E-state index in [-0.39, 0.29) is 0 Å². The van der Waals surface area contributed by atoms with Crippen LogP contribution >= 0.6 is 0 Å². The molecule has 0 aromatic rings. The number of hydrogen-bond donors (Lipinski definition) is 0. The molecule has 0 heterocycles. The highest BCUT2D eigenvalue weighted by molar-refractivity contribution is 4.65. The van der Waals surface area contributed by atoms with Gasteiger partial charge in [-0.1, -0.05) is 129 Å². The number of rotatable bonds is 20. The van der Waals surface area contributed by atoms with Gasteiger partial charge in [0.15, 0.2) is 0 Å². The summed E-state index contributed by atoms with van der Waals surface area (Å²) in [6.45, 7) is 8.49. The van der Waals surface area contributed by atoms with E-state index in [1.165, 1.54) is 122 Å². The van der Waals surface area contributed by atoms with Gasteiger partial charge in [0.05, 0.1) is 0 Å². The second-order valence-corrected chi connectivity index (χ2v) is 7.88. The van der Waals surface area contributed by atoms with Crippen molar-refractivity contribution in [3.05, 3.63) is 12.7 Å². The Hall–Kier alpha value is -0.260. The molecule has 0 aromatic heterocycles. The van der Waals surface area contributed by atoms with Crippen LogP contribution in [0.3, 0.4) is 0 Å². The Morgan fingerprint density at radius 2 is 1.00 bits per heavy atom. The quantitative estimate of drug-likeness (QED) is 0.153. The van der Waals surface area contributed by atoms with Gasteiger partial charge in [-0.15, -0.1) is 6.58 Å². The first kappa shape index (κ1) is 23.7. The zero-order valence-electron chi connectivity index (χ0n) is 17.3. The van der Waals surface area contributed by atoms with Gasteiger partial charge in [0.25, 0.3) is 0 Å². The van der Waals surface area contributed by atoms with Crippen molar-refractivity contribution in [1.29, 1.82) is 0 Å². The molecule has 0 aromatic carbocycles. The molecule has 24 heavy (non-hydrogen) atoms. The van der Waals surface area contributed by atoms with Crippen LogP contribution in [0.15, 0.2) is 12.7 Å². The summed E-state index contributed by atoms with van der Waals surface area (Å²) >= 11 is 0. The van der Waals surface area contributed by atoms with Crippen LogP contribution in [-0.2, 0) is 0 Å². The van der Waals surface area contributed by atoms with Gasteiger partial charge in [-0.05, 0) is 18.8 Å². The van der Waals surface area contributed by atoms with Gasteiger partial charge in [0.1, 0.15) is 0 Å². The fourth-order valence-corrected chi connectivity index (χ4v) is 3.73. The molecule has 0 aliphatic carbocycles. The van der Waals surface area contributed by atoms with Crippen molar-refractivity contribution in [2.45, 2.75) is 136 Å².